The van der Waals surface area contributed by atoms with Crippen LogP contribution in [0.25, 0.3) is 0 Å². The minimum Gasteiger partial charge on any atom is -0.378 e. The van der Waals surface area contributed by atoms with Crippen LogP contribution in [0.5, 0.6) is 0 Å². The summed E-state index contributed by atoms with van der Waals surface area (Å²) < 4.78 is 5.51. The van der Waals surface area contributed by atoms with Gasteiger partial charge in [0.15, 0.2) is 5.72 Å². The molecule has 0 radical (unpaired) electrons. The van der Waals surface area contributed by atoms with Gasteiger partial charge in [-0.05, 0) is 29.8 Å². The van der Waals surface area contributed by atoms with E-state index in [1.54, 1.807) is 7.11 Å². The highest BCUT2D eigenvalue weighted by Gasteiger charge is 2.26. The molecule has 4 heteroatoms. The number of hydrogen-bond acceptors (Lipinski definition) is 3. The number of halogens is 1. The molecule has 0 bridgehead atoms. The first-order valence-electron chi connectivity index (χ1n) is 6.47. The molecule has 3 nitrogen and oxygen atoms in total. The van der Waals surface area contributed by atoms with E-state index >= 15 is 0 Å². The van der Waals surface area contributed by atoms with Gasteiger partial charge in [0.05, 0.1) is 0 Å². The molecule has 0 amide bonds. The second-order valence-corrected chi connectivity index (χ2v) is 5.37. The lowest BCUT2D eigenvalue weighted by Crippen LogP contribution is -2.27. The molecule has 2 rings (SSSR count). The first kappa shape index (κ1) is 14.8. The standard InChI is InChI=1S/C16H19ClN2O/c1-19(2)15-8-6-13(7-9-15)12-18-16(20-3)10-4-5-14(17)11-16/h4-9,11-12H,10H2,1-3H3. The van der Waals surface area contributed by atoms with E-state index in [2.05, 4.69) is 22.0 Å². The van der Waals surface area contributed by atoms with E-state index in [-0.39, 0.29) is 0 Å². The topological polar surface area (TPSA) is 24.8 Å². The minimum absolute atomic E-state index is 0.651. The maximum Gasteiger partial charge on any atom is 0.182 e. The molecule has 0 N–H and O–H groups in total. The fourth-order valence-electron chi connectivity index (χ4n) is 1.99. The number of anilines is 1. The third kappa shape index (κ3) is 3.50. The molecule has 20 heavy (non-hydrogen) atoms. The fourth-order valence-corrected chi connectivity index (χ4v) is 2.25. The summed E-state index contributed by atoms with van der Waals surface area (Å²) in [5, 5.41) is 0.651. The van der Waals surface area contributed by atoms with Gasteiger partial charge in [-0.2, -0.15) is 0 Å². The Bertz CT molecular complexity index is 546. The summed E-state index contributed by atoms with van der Waals surface area (Å²) in [6, 6.07) is 8.19. The Morgan fingerprint density at radius 1 is 1.30 bits per heavy atom. The van der Waals surface area contributed by atoms with E-state index in [1.165, 1.54) is 0 Å². The second kappa shape index (κ2) is 6.25. The Morgan fingerprint density at radius 2 is 2.00 bits per heavy atom. The van der Waals surface area contributed by atoms with E-state index in [0.29, 0.717) is 11.5 Å². The third-order valence-electron chi connectivity index (χ3n) is 3.25. The zero-order chi connectivity index (χ0) is 14.6. The zero-order valence-corrected chi connectivity index (χ0v) is 12.8. The van der Waals surface area contributed by atoms with Crippen LogP contribution in [0.2, 0.25) is 0 Å². The summed E-state index contributed by atoms with van der Waals surface area (Å²) in [5.41, 5.74) is 1.50. The van der Waals surface area contributed by atoms with Gasteiger partial charge in [0.25, 0.3) is 0 Å². The van der Waals surface area contributed by atoms with Crippen molar-refractivity contribution in [1.82, 2.24) is 0 Å². The van der Waals surface area contributed by atoms with Crippen LogP contribution in [0.3, 0.4) is 0 Å². The maximum atomic E-state index is 6.03. The highest BCUT2D eigenvalue weighted by molar-refractivity contribution is 6.31. The predicted molar refractivity (Wildman–Crippen MR) is 85.8 cm³/mol. The lowest BCUT2D eigenvalue weighted by Gasteiger charge is -2.25. The Kier molecular flexibility index (Phi) is 4.63. The van der Waals surface area contributed by atoms with Gasteiger partial charge in [-0.3, -0.25) is 4.99 Å². The number of hydrogen-bond donors (Lipinski definition) is 0. The van der Waals surface area contributed by atoms with Crippen molar-refractivity contribution >= 4 is 23.5 Å². The molecular weight excluding hydrogens is 272 g/mol. The molecule has 1 aliphatic carbocycles. The summed E-state index contributed by atoms with van der Waals surface area (Å²) in [5.74, 6) is 0. The average Bonchev–Trinajstić information content (AvgIpc) is 2.45. The maximum absolute atomic E-state index is 6.03. The van der Waals surface area contributed by atoms with Crippen LogP contribution in [0.15, 0.2) is 52.5 Å². The van der Waals surface area contributed by atoms with Crippen LogP contribution in [-0.4, -0.2) is 33.1 Å². The monoisotopic (exact) mass is 290 g/mol. The lowest BCUT2D eigenvalue weighted by atomic mass is 10.0. The number of allylic oxidation sites excluding steroid dienone is 2. The largest absolute Gasteiger partial charge is 0.378 e. The molecule has 1 aromatic rings. The Morgan fingerprint density at radius 3 is 2.55 bits per heavy atom. The van der Waals surface area contributed by atoms with Crippen LogP contribution in [0.4, 0.5) is 5.69 Å². The number of aliphatic imine (C=N–C) groups is 1. The van der Waals surface area contributed by atoms with Gasteiger partial charge < -0.3 is 9.64 Å². The Hall–Kier alpha value is -1.58. The van der Waals surface area contributed by atoms with Crippen molar-refractivity contribution in [2.45, 2.75) is 12.1 Å². The van der Waals surface area contributed by atoms with Gasteiger partial charge in [0.2, 0.25) is 0 Å². The van der Waals surface area contributed by atoms with Gasteiger partial charge in [-0.1, -0.05) is 29.8 Å². The predicted octanol–water partition coefficient (Wildman–Crippen LogP) is 3.60. The molecule has 1 aromatic carbocycles. The first-order chi connectivity index (χ1) is 9.54. The van der Waals surface area contributed by atoms with Gasteiger partial charge in [0, 0.05) is 44.6 Å². The van der Waals surface area contributed by atoms with Crippen molar-refractivity contribution in [3.63, 3.8) is 0 Å². The number of benzene rings is 1. The number of rotatable bonds is 4. The first-order valence-corrected chi connectivity index (χ1v) is 6.85. The SMILES string of the molecule is COC1(N=Cc2ccc(N(C)C)cc2)C=C(Cl)C=CC1. The number of ether oxygens (including phenoxy) is 1. The lowest BCUT2D eigenvalue weighted by molar-refractivity contribution is 0.0422. The minimum atomic E-state index is -0.688. The van der Waals surface area contributed by atoms with E-state index in [9.17, 15) is 0 Å². The highest BCUT2D eigenvalue weighted by atomic mass is 35.5. The Labute approximate surface area is 125 Å². The van der Waals surface area contributed by atoms with Crippen molar-refractivity contribution in [2.75, 3.05) is 26.1 Å². The molecule has 0 saturated carbocycles. The molecule has 1 unspecified atom stereocenters. The smallest absolute Gasteiger partial charge is 0.182 e. The van der Waals surface area contributed by atoms with E-state index < -0.39 is 5.72 Å². The molecule has 0 heterocycles. The van der Waals surface area contributed by atoms with Gasteiger partial charge in [-0.25, -0.2) is 0 Å². The zero-order valence-electron chi connectivity index (χ0n) is 12.0. The van der Waals surface area contributed by atoms with E-state index in [1.807, 2.05) is 50.7 Å². The van der Waals surface area contributed by atoms with Crippen LogP contribution in [-0.2, 0) is 4.74 Å². The molecule has 0 aromatic heterocycles. The molecule has 106 valence electrons. The van der Waals surface area contributed by atoms with E-state index in [0.717, 1.165) is 11.3 Å². The number of methoxy groups -OCH3 is 1. The average molecular weight is 291 g/mol. The van der Waals surface area contributed by atoms with Crippen LogP contribution in [0, 0.1) is 0 Å². The van der Waals surface area contributed by atoms with Gasteiger partial charge >= 0.3 is 0 Å². The molecular formula is C16H19ClN2O. The Balaban J connectivity index is 2.17. The molecule has 0 fully saturated rings. The summed E-state index contributed by atoms with van der Waals surface area (Å²) in [6.07, 6.45) is 8.17. The molecule has 0 aliphatic heterocycles. The molecule has 0 spiro atoms. The summed E-state index contributed by atoms with van der Waals surface area (Å²) in [6.45, 7) is 0. The summed E-state index contributed by atoms with van der Waals surface area (Å²) in [7, 11) is 5.68. The fraction of sp³-hybridized carbons (Fsp3) is 0.312. The van der Waals surface area contributed by atoms with Crippen LogP contribution < -0.4 is 4.90 Å². The normalized spacial score (nSPS) is 22.1. The highest BCUT2D eigenvalue weighted by Crippen LogP contribution is 2.27. The molecule has 1 atom stereocenters. The second-order valence-electron chi connectivity index (χ2n) is 4.93. The van der Waals surface area contributed by atoms with Gasteiger partial charge in [-0.15, -0.1) is 0 Å². The van der Waals surface area contributed by atoms with Crippen molar-refractivity contribution in [3.8, 4) is 0 Å². The summed E-state index contributed by atoms with van der Waals surface area (Å²) in [4.78, 5) is 6.62. The van der Waals surface area contributed by atoms with Crippen molar-refractivity contribution in [2.24, 2.45) is 4.99 Å². The number of nitrogens with zero attached hydrogens (tertiary/aromatic N) is 2. The summed E-state index contributed by atoms with van der Waals surface area (Å²) >= 11 is 6.03. The van der Waals surface area contributed by atoms with Crippen molar-refractivity contribution in [3.05, 3.63) is 53.1 Å². The molecule has 0 saturated heterocycles. The third-order valence-corrected chi connectivity index (χ3v) is 3.48. The molecule has 1 aliphatic rings. The van der Waals surface area contributed by atoms with Crippen LogP contribution >= 0.6 is 11.6 Å². The van der Waals surface area contributed by atoms with E-state index in [4.69, 9.17) is 16.3 Å². The van der Waals surface area contributed by atoms with Crippen molar-refractivity contribution < 1.29 is 4.74 Å². The van der Waals surface area contributed by atoms with Gasteiger partial charge in [0.1, 0.15) is 0 Å². The quantitative estimate of drug-likeness (QED) is 0.792. The van der Waals surface area contributed by atoms with Crippen LogP contribution in [0.1, 0.15) is 12.0 Å². The van der Waals surface area contributed by atoms with Crippen molar-refractivity contribution in [1.29, 1.82) is 0 Å².